The van der Waals surface area contributed by atoms with Crippen molar-refractivity contribution in [1.82, 2.24) is 0 Å². The number of hydrogen-bond acceptors (Lipinski definition) is 3. The number of rotatable bonds is 2. The van der Waals surface area contributed by atoms with Gasteiger partial charge in [0.05, 0.1) is 12.5 Å². The van der Waals surface area contributed by atoms with Crippen LogP contribution in [0.25, 0.3) is 0 Å². The first kappa shape index (κ1) is 10.6. The summed E-state index contributed by atoms with van der Waals surface area (Å²) in [6.45, 7) is 3.94. The van der Waals surface area contributed by atoms with E-state index >= 15 is 0 Å². The van der Waals surface area contributed by atoms with Crippen molar-refractivity contribution in [3.8, 4) is 6.07 Å². The van der Waals surface area contributed by atoms with E-state index in [-0.39, 0.29) is 6.04 Å². The van der Waals surface area contributed by atoms with Crippen molar-refractivity contribution in [1.29, 1.82) is 5.26 Å². The monoisotopic (exact) mass is 189 g/mol. The zero-order valence-corrected chi connectivity index (χ0v) is 8.54. The number of anilines is 1. The van der Waals surface area contributed by atoms with Gasteiger partial charge in [-0.15, -0.1) is 0 Å². The van der Waals surface area contributed by atoms with E-state index in [9.17, 15) is 0 Å². The first-order chi connectivity index (χ1) is 6.56. The summed E-state index contributed by atoms with van der Waals surface area (Å²) in [7, 11) is 0. The molecule has 1 aromatic carbocycles. The number of aryl methyl sites for hydroxylation is 2. The highest BCUT2D eigenvalue weighted by atomic mass is 14.7. The molecule has 0 spiro atoms. The predicted octanol–water partition coefficient (Wildman–Crippen LogP) is 1.80. The molecule has 1 atom stereocenters. The molecule has 0 fully saturated rings. The van der Waals surface area contributed by atoms with Crippen LogP contribution in [0.15, 0.2) is 12.1 Å². The van der Waals surface area contributed by atoms with Crippen LogP contribution in [0, 0.1) is 25.2 Å². The number of nitrogens with zero attached hydrogens (tertiary/aromatic N) is 1. The third-order valence-electron chi connectivity index (χ3n) is 2.27. The van der Waals surface area contributed by atoms with Gasteiger partial charge in [0.15, 0.2) is 0 Å². The Morgan fingerprint density at radius 2 is 2.07 bits per heavy atom. The molecule has 0 saturated heterocycles. The molecule has 0 heterocycles. The molecule has 0 bridgehead atoms. The van der Waals surface area contributed by atoms with E-state index in [0.717, 1.165) is 16.7 Å². The summed E-state index contributed by atoms with van der Waals surface area (Å²) in [6, 6.07) is 5.73. The van der Waals surface area contributed by atoms with E-state index in [1.807, 2.05) is 26.0 Å². The van der Waals surface area contributed by atoms with Gasteiger partial charge in [-0.1, -0.05) is 17.7 Å². The van der Waals surface area contributed by atoms with Crippen LogP contribution < -0.4 is 11.5 Å². The van der Waals surface area contributed by atoms with E-state index in [1.54, 1.807) is 0 Å². The lowest BCUT2D eigenvalue weighted by Crippen LogP contribution is -2.12. The Kier molecular flexibility index (Phi) is 3.10. The fraction of sp³-hybridized carbons (Fsp3) is 0.364. The highest BCUT2D eigenvalue weighted by Gasteiger charge is 2.11. The molecule has 0 aliphatic heterocycles. The summed E-state index contributed by atoms with van der Waals surface area (Å²) >= 11 is 0. The molecule has 0 aliphatic carbocycles. The molecule has 1 rings (SSSR count). The van der Waals surface area contributed by atoms with Gasteiger partial charge in [0, 0.05) is 11.7 Å². The Bertz CT molecular complexity index is 377. The number of hydrogen-bond donors (Lipinski definition) is 2. The van der Waals surface area contributed by atoms with Crippen molar-refractivity contribution < 1.29 is 0 Å². The second-order valence-corrected chi connectivity index (χ2v) is 3.55. The average molecular weight is 189 g/mol. The lowest BCUT2D eigenvalue weighted by molar-refractivity contribution is 0.749. The summed E-state index contributed by atoms with van der Waals surface area (Å²) in [5, 5.41) is 8.56. The van der Waals surface area contributed by atoms with Gasteiger partial charge in [-0.2, -0.15) is 5.26 Å². The molecule has 3 heteroatoms. The highest BCUT2D eigenvalue weighted by Crippen LogP contribution is 2.25. The minimum atomic E-state index is -0.279. The van der Waals surface area contributed by atoms with Crippen molar-refractivity contribution in [2.75, 3.05) is 5.73 Å². The van der Waals surface area contributed by atoms with E-state index in [2.05, 4.69) is 6.07 Å². The lowest BCUT2D eigenvalue weighted by Gasteiger charge is -2.14. The van der Waals surface area contributed by atoms with Crippen molar-refractivity contribution in [2.24, 2.45) is 5.73 Å². The van der Waals surface area contributed by atoms with Crippen LogP contribution in [0.5, 0.6) is 0 Å². The smallest absolute Gasteiger partial charge is 0.0641 e. The fourth-order valence-corrected chi connectivity index (χ4v) is 1.53. The normalized spacial score (nSPS) is 12.1. The number of nitrogen functional groups attached to an aromatic ring is 1. The lowest BCUT2D eigenvalue weighted by atomic mass is 9.98. The average Bonchev–Trinajstić information content (AvgIpc) is 2.11. The topological polar surface area (TPSA) is 75.8 Å². The van der Waals surface area contributed by atoms with Crippen LogP contribution in [0.4, 0.5) is 5.69 Å². The Hall–Kier alpha value is -1.53. The highest BCUT2D eigenvalue weighted by molar-refractivity contribution is 5.56. The fourth-order valence-electron chi connectivity index (χ4n) is 1.53. The largest absolute Gasteiger partial charge is 0.398 e. The maximum absolute atomic E-state index is 8.56. The molecule has 0 radical (unpaired) electrons. The van der Waals surface area contributed by atoms with Gasteiger partial charge in [-0.25, -0.2) is 0 Å². The van der Waals surface area contributed by atoms with Gasteiger partial charge in [0.25, 0.3) is 0 Å². The standard InChI is InChI=1S/C11H15N3/c1-7-5-8(2)11(14)9(6-7)10(13)3-4-12/h5-6,10H,3,13-14H2,1-2H3/t10-/m1/s1. The van der Waals surface area contributed by atoms with Crippen LogP contribution in [0.3, 0.4) is 0 Å². The van der Waals surface area contributed by atoms with E-state index < -0.39 is 0 Å². The zero-order valence-electron chi connectivity index (χ0n) is 8.54. The molecule has 0 saturated carbocycles. The molecule has 3 nitrogen and oxygen atoms in total. The zero-order chi connectivity index (χ0) is 10.7. The van der Waals surface area contributed by atoms with Crippen LogP contribution in [0.2, 0.25) is 0 Å². The molecule has 0 unspecified atom stereocenters. The first-order valence-electron chi connectivity index (χ1n) is 4.55. The molecular formula is C11H15N3. The maximum Gasteiger partial charge on any atom is 0.0641 e. The quantitative estimate of drug-likeness (QED) is 0.696. The Morgan fingerprint density at radius 3 is 2.64 bits per heavy atom. The van der Waals surface area contributed by atoms with Crippen molar-refractivity contribution >= 4 is 5.69 Å². The molecule has 0 aromatic heterocycles. The van der Waals surface area contributed by atoms with Crippen molar-refractivity contribution in [3.63, 3.8) is 0 Å². The first-order valence-corrected chi connectivity index (χ1v) is 4.55. The van der Waals surface area contributed by atoms with E-state index in [4.69, 9.17) is 16.7 Å². The molecular weight excluding hydrogens is 174 g/mol. The van der Waals surface area contributed by atoms with Crippen molar-refractivity contribution in [2.45, 2.75) is 26.3 Å². The molecule has 1 aromatic rings. The van der Waals surface area contributed by atoms with Gasteiger partial charge in [-0.3, -0.25) is 0 Å². The summed E-state index contributed by atoms with van der Waals surface area (Å²) in [5.41, 5.74) is 15.5. The third-order valence-corrected chi connectivity index (χ3v) is 2.27. The van der Waals surface area contributed by atoms with Gasteiger partial charge in [0.2, 0.25) is 0 Å². The van der Waals surface area contributed by atoms with Gasteiger partial charge in [-0.05, 0) is 25.0 Å². The van der Waals surface area contributed by atoms with Crippen LogP contribution >= 0.6 is 0 Å². The second-order valence-electron chi connectivity index (χ2n) is 3.55. The Labute approximate surface area is 84.3 Å². The van der Waals surface area contributed by atoms with Gasteiger partial charge in [0.1, 0.15) is 0 Å². The predicted molar refractivity (Wildman–Crippen MR) is 57.5 cm³/mol. The summed E-state index contributed by atoms with van der Waals surface area (Å²) in [4.78, 5) is 0. The minimum absolute atomic E-state index is 0.279. The minimum Gasteiger partial charge on any atom is -0.398 e. The second kappa shape index (κ2) is 4.12. The SMILES string of the molecule is Cc1cc(C)c(N)c([C@H](N)CC#N)c1. The number of nitrogens with two attached hydrogens (primary N) is 2. The number of nitriles is 1. The van der Waals surface area contributed by atoms with E-state index in [1.165, 1.54) is 0 Å². The van der Waals surface area contributed by atoms with Crippen LogP contribution in [-0.2, 0) is 0 Å². The Balaban J connectivity index is 3.14. The molecule has 0 aliphatic rings. The van der Waals surface area contributed by atoms with Crippen molar-refractivity contribution in [3.05, 3.63) is 28.8 Å². The van der Waals surface area contributed by atoms with Gasteiger partial charge < -0.3 is 11.5 Å². The molecule has 4 N–H and O–H groups in total. The molecule has 74 valence electrons. The summed E-state index contributed by atoms with van der Waals surface area (Å²) < 4.78 is 0. The summed E-state index contributed by atoms with van der Waals surface area (Å²) in [6.07, 6.45) is 0.299. The molecule has 0 amide bonds. The van der Waals surface area contributed by atoms with Crippen LogP contribution in [0.1, 0.15) is 29.2 Å². The number of benzene rings is 1. The van der Waals surface area contributed by atoms with Gasteiger partial charge >= 0.3 is 0 Å². The van der Waals surface area contributed by atoms with E-state index in [0.29, 0.717) is 12.1 Å². The third kappa shape index (κ3) is 2.04. The molecule has 14 heavy (non-hydrogen) atoms. The maximum atomic E-state index is 8.56. The Morgan fingerprint density at radius 1 is 1.43 bits per heavy atom. The summed E-state index contributed by atoms with van der Waals surface area (Å²) in [5.74, 6) is 0. The van der Waals surface area contributed by atoms with Crippen LogP contribution in [-0.4, -0.2) is 0 Å².